The predicted octanol–water partition coefficient (Wildman–Crippen LogP) is 9.76. The van der Waals surface area contributed by atoms with Gasteiger partial charge in [-0.2, -0.15) is 0 Å². The van der Waals surface area contributed by atoms with Crippen LogP contribution in [0.15, 0.2) is 24.3 Å². The number of aryl methyl sites for hydroxylation is 1. The summed E-state index contributed by atoms with van der Waals surface area (Å²) >= 11 is 0. The molecule has 31 heavy (non-hydrogen) atoms. The van der Waals surface area contributed by atoms with Gasteiger partial charge in [0.15, 0.2) is 0 Å². The molecule has 0 aliphatic carbocycles. The minimum absolute atomic E-state index is 0.149. The number of hydrogen-bond donors (Lipinski definition) is 1. The van der Waals surface area contributed by atoms with Crippen molar-refractivity contribution in [2.45, 2.75) is 142 Å². The Morgan fingerprint density at radius 1 is 0.581 bits per heavy atom. The van der Waals surface area contributed by atoms with Gasteiger partial charge in [0.05, 0.1) is 0 Å². The molecule has 1 aromatic carbocycles. The highest BCUT2D eigenvalue weighted by molar-refractivity contribution is 5.90. The zero-order valence-corrected chi connectivity index (χ0v) is 20.9. The average Bonchev–Trinajstić information content (AvgIpc) is 2.77. The fourth-order valence-corrected chi connectivity index (χ4v) is 4.22. The van der Waals surface area contributed by atoms with Crippen molar-refractivity contribution in [2.24, 2.45) is 0 Å². The molecule has 0 saturated carbocycles. The lowest BCUT2D eigenvalue weighted by Crippen LogP contribution is -2.10. The van der Waals surface area contributed by atoms with E-state index >= 15 is 0 Å². The maximum atomic E-state index is 12.0. The number of hydrogen-bond acceptors (Lipinski definition) is 1. The van der Waals surface area contributed by atoms with Gasteiger partial charge in [0.2, 0.25) is 5.91 Å². The van der Waals surface area contributed by atoms with Crippen LogP contribution in [0.3, 0.4) is 0 Å². The molecule has 0 saturated heterocycles. The van der Waals surface area contributed by atoms with Gasteiger partial charge in [0.1, 0.15) is 0 Å². The van der Waals surface area contributed by atoms with E-state index in [0.717, 1.165) is 12.1 Å². The predicted molar refractivity (Wildman–Crippen MR) is 138 cm³/mol. The van der Waals surface area contributed by atoms with E-state index in [1.807, 2.05) is 24.3 Å². The van der Waals surface area contributed by atoms with Gasteiger partial charge in [-0.3, -0.25) is 4.79 Å². The number of nitrogens with one attached hydrogen (secondary N) is 1. The highest BCUT2D eigenvalue weighted by atomic mass is 16.1. The van der Waals surface area contributed by atoms with Crippen molar-refractivity contribution in [1.29, 1.82) is 0 Å². The van der Waals surface area contributed by atoms with Gasteiger partial charge in [-0.25, -0.2) is 0 Å². The lowest BCUT2D eigenvalue weighted by atomic mass is 10.0. The van der Waals surface area contributed by atoms with Crippen molar-refractivity contribution in [2.75, 3.05) is 5.32 Å². The van der Waals surface area contributed by atoms with Gasteiger partial charge >= 0.3 is 0 Å². The normalized spacial score (nSPS) is 11.0. The smallest absolute Gasteiger partial charge is 0.224 e. The Kier molecular flexibility index (Phi) is 18.4. The Labute approximate surface area is 194 Å². The number of benzene rings is 1. The van der Waals surface area contributed by atoms with Crippen LogP contribution < -0.4 is 5.32 Å². The molecule has 0 aliphatic rings. The van der Waals surface area contributed by atoms with Gasteiger partial charge in [0.25, 0.3) is 0 Å². The van der Waals surface area contributed by atoms with Crippen LogP contribution in [0.1, 0.15) is 141 Å². The second kappa shape index (κ2) is 20.6. The zero-order valence-electron chi connectivity index (χ0n) is 20.9. The van der Waals surface area contributed by atoms with E-state index in [1.165, 1.54) is 121 Å². The molecule has 1 N–H and O–H groups in total. The standard InChI is InChI=1S/C29H51NO/c1-3-4-5-6-7-8-9-10-11-12-13-14-15-16-17-18-19-20-21-22-29(31)30-28-25-23-27(2)24-26-28/h23-26H,3-22H2,1-2H3,(H,30,31). The van der Waals surface area contributed by atoms with Gasteiger partial charge in [-0.15, -0.1) is 0 Å². The quantitative estimate of drug-likeness (QED) is 0.193. The summed E-state index contributed by atoms with van der Waals surface area (Å²) in [6.07, 6.45) is 26.9. The van der Waals surface area contributed by atoms with E-state index < -0.39 is 0 Å². The first kappa shape index (κ1) is 27.7. The Morgan fingerprint density at radius 2 is 0.935 bits per heavy atom. The van der Waals surface area contributed by atoms with Crippen LogP contribution in [0, 0.1) is 6.92 Å². The van der Waals surface area contributed by atoms with Crippen LogP contribution in [-0.2, 0) is 4.79 Å². The Bertz CT molecular complexity index is 522. The molecule has 0 fully saturated rings. The van der Waals surface area contributed by atoms with Gasteiger partial charge in [-0.05, 0) is 25.5 Å². The van der Waals surface area contributed by atoms with Crippen LogP contribution >= 0.6 is 0 Å². The third kappa shape index (κ3) is 18.0. The third-order valence-electron chi connectivity index (χ3n) is 6.34. The van der Waals surface area contributed by atoms with Crippen LogP contribution in [-0.4, -0.2) is 5.91 Å². The van der Waals surface area contributed by atoms with Crippen molar-refractivity contribution in [3.05, 3.63) is 29.8 Å². The molecule has 0 spiro atoms. The Morgan fingerprint density at radius 3 is 1.32 bits per heavy atom. The summed E-state index contributed by atoms with van der Waals surface area (Å²) in [6.45, 7) is 4.35. The van der Waals surface area contributed by atoms with Crippen molar-refractivity contribution in [3.63, 3.8) is 0 Å². The maximum absolute atomic E-state index is 12.0. The fraction of sp³-hybridized carbons (Fsp3) is 0.759. The molecule has 0 heterocycles. The first-order valence-corrected chi connectivity index (χ1v) is 13.6. The van der Waals surface area contributed by atoms with Crippen LogP contribution in [0.2, 0.25) is 0 Å². The second-order valence-corrected chi connectivity index (χ2v) is 9.53. The molecule has 0 atom stereocenters. The average molecular weight is 430 g/mol. The molecule has 0 radical (unpaired) electrons. The highest BCUT2D eigenvalue weighted by Gasteiger charge is 2.02. The molecular weight excluding hydrogens is 378 g/mol. The van der Waals surface area contributed by atoms with E-state index in [-0.39, 0.29) is 5.91 Å². The molecule has 1 amide bonds. The van der Waals surface area contributed by atoms with Gasteiger partial charge in [-0.1, -0.05) is 140 Å². The number of carbonyl (C=O) groups is 1. The summed E-state index contributed by atoms with van der Waals surface area (Å²) in [5.41, 5.74) is 2.13. The van der Waals surface area contributed by atoms with Crippen molar-refractivity contribution in [3.8, 4) is 0 Å². The third-order valence-corrected chi connectivity index (χ3v) is 6.34. The number of anilines is 1. The van der Waals surface area contributed by atoms with Gasteiger partial charge in [0, 0.05) is 12.1 Å². The van der Waals surface area contributed by atoms with Gasteiger partial charge < -0.3 is 5.32 Å². The monoisotopic (exact) mass is 429 g/mol. The molecule has 1 aromatic rings. The van der Waals surface area contributed by atoms with E-state index in [4.69, 9.17) is 0 Å². The zero-order chi connectivity index (χ0) is 22.4. The van der Waals surface area contributed by atoms with Crippen LogP contribution in [0.25, 0.3) is 0 Å². The molecule has 2 heteroatoms. The highest BCUT2D eigenvalue weighted by Crippen LogP contribution is 2.15. The summed E-state index contributed by atoms with van der Waals surface area (Å²) in [5, 5.41) is 2.99. The number of carbonyl (C=O) groups excluding carboxylic acids is 1. The van der Waals surface area contributed by atoms with Crippen molar-refractivity contribution >= 4 is 11.6 Å². The lowest BCUT2D eigenvalue weighted by Gasteiger charge is -2.06. The first-order chi connectivity index (χ1) is 15.2. The molecule has 0 bridgehead atoms. The molecule has 0 aromatic heterocycles. The fourth-order valence-electron chi connectivity index (χ4n) is 4.22. The molecule has 0 unspecified atom stereocenters. The molecular formula is C29H51NO. The minimum atomic E-state index is 0.149. The SMILES string of the molecule is CCCCCCCCCCCCCCCCCCCCCC(=O)Nc1ccc(C)cc1. The van der Waals surface area contributed by atoms with Crippen molar-refractivity contribution in [1.82, 2.24) is 0 Å². The van der Waals surface area contributed by atoms with Crippen LogP contribution in [0.4, 0.5) is 5.69 Å². The summed E-state index contributed by atoms with van der Waals surface area (Å²) in [5.74, 6) is 0.149. The molecule has 1 rings (SSSR count). The maximum Gasteiger partial charge on any atom is 0.224 e. The van der Waals surface area contributed by atoms with E-state index in [1.54, 1.807) is 0 Å². The number of amides is 1. The van der Waals surface area contributed by atoms with E-state index in [9.17, 15) is 4.79 Å². The van der Waals surface area contributed by atoms with Crippen molar-refractivity contribution < 1.29 is 4.79 Å². The largest absolute Gasteiger partial charge is 0.326 e. The summed E-state index contributed by atoms with van der Waals surface area (Å²) in [7, 11) is 0. The Balaban J connectivity index is 1.75. The van der Waals surface area contributed by atoms with Crippen LogP contribution in [0.5, 0.6) is 0 Å². The van der Waals surface area contributed by atoms with E-state index in [2.05, 4.69) is 19.2 Å². The minimum Gasteiger partial charge on any atom is -0.326 e. The summed E-state index contributed by atoms with van der Waals surface area (Å²) < 4.78 is 0. The first-order valence-electron chi connectivity index (χ1n) is 13.6. The topological polar surface area (TPSA) is 29.1 Å². The second-order valence-electron chi connectivity index (χ2n) is 9.53. The molecule has 2 nitrogen and oxygen atoms in total. The number of unbranched alkanes of at least 4 members (excludes halogenated alkanes) is 18. The molecule has 178 valence electrons. The summed E-state index contributed by atoms with van der Waals surface area (Å²) in [4.78, 5) is 12.0. The lowest BCUT2D eigenvalue weighted by molar-refractivity contribution is -0.116. The molecule has 0 aliphatic heterocycles. The summed E-state index contributed by atoms with van der Waals surface area (Å²) in [6, 6.07) is 8.02. The van der Waals surface area contributed by atoms with E-state index in [0.29, 0.717) is 6.42 Å². The number of rotatable bonds is 21. The Hall–Kier alpha value is -1.31.